The molecule has 1 N–H and O–H groups in total. The largest absolute Gasteiger partial charge is 0.377 e. The van der Waals surface area contributed by atoms with Crippen molar-refractivity contribution < 1.29 is 4.74 Å². The summed E-state index contributed by atoms with van der Waals surface area (Å²) in [5, 5.41) is 7.95. The highest BCUT2D eigenvalue weighted by atomic mass is 16.5. The Balaban J connectivity index is 1.71. The number of para-hydroxylation sites is 1. The van der Waals surface area contributed by atoms with Crippen molar-refractivity contribution in [2.75, 3.05) is 18.5 Å². The maximum absolute atomic E-state index is 12.5. The van der Waals surface area contributed by atoms with Crippen molar-refractivity contribution in [2.24, 2.45) is 7.05 Å². The molecule has 0 amide bonds. The van der Waals surface area contributed by atoms with Crippen LogP contribution < -0.4 is 16.4 Å². The smallest absolute Gasteiger partial charge is 0.267 e. The molecule has 3 aromatic rings. The molecule has 1 aromatic carbocycles. The topological polar surface area (TPSA) is 91.0 Å². The van der Waals surface area contributed by atoms with E-state index in [1.807, 2.05) is 12.1 Å². The van der Waals surface area contributed by atoms with Gasteiger partial charge in [-0.2, -0.15) is 5.10 Å². The summed E-state index contributed by atoms with van der Waals surface area (Å²) in [6.07, 6.45) is 1.57. The van der Waals surface area contributed by atoms with Crippen LogP contribution in [-0.4, -0.2) is 38.6 Å². The Morgan fingerprint density at radius 2 is 2.00 bits per heavy atom. The number of ether oxygens (including phenoxy) is 1. The molecule has 1 aliphatic heterocycles. The average Bonchev–Trinajstić information content (AvgIpc) is 3.08. The number of nitrogens with zero attached hydrogens (tertiary/aromatic N) is 4. The third-order valence-electron chi connectivity index (χ3n) is 4.40. The Morgan fingerprint density at radius 3 is 2.84 bits per heavy atom. The predicted molar refractivity (Wildman–Crippen MR) is 92.7 cm³/mol. The third kappa shape index (κ3) is 2.70. The second-order valence-corrected chi connectivity index (χ2v) is 5.98. The van der Waals surface area contributed by atoms with Crippen LogP contribution in [0.25, 0.3) is 10.9 Å². The number of hydrogen-bond acceptors (Lipinski definition) is 6. The van der Waals surface area contributed by atoms with E-state index in [0.717, 1.165) is 0 Å². The van der Waals surface area contributed by atoms with Gasteiger partial charge in [-0.1, -0.05) is 12.1 Å². The number of nitrogens with one attached hydrogen (secondary N) is 1. The molecule has 0 saturated carbocycles. The summed E-state index contributed by atoms with van der Waals surface area (Å²) < 4.78 is 8.41. The zero-order valence-electron chi connectivity index (χ0n) is 13.6. The lowest BCUT2D eigenvalue weighted by Crippen LogP contribution is -2.38. The van der Waals surface area contributed by atoms with Crippen molar-refractivity contribution in [3.63, 3.8) is 0 Å². The van der Waals surface area contributed by atoms with Gasteiger partial charge in [0.15, 0.2) is 0 Å². The highest BCUT2D eigenvalue weighted by Crippen LogP contribution is 2.21. The summed E-state index contributed by atoms with van der Waals surface area (Å²) in [6.45, 7) is 0.770. The molecule has 3 heterocycles. The fourth-order valence-electron chi connectivity index (χ4n) is 3.05. The van der Waals surface area contributed by atoms with Gasteiger partial charge in [0, 0.05) is 19.3 Å². The summed E-state index contributed by atoms with van der Waals surface area (Å²) in [4.78, 5) is 29.1. The van der Waals surface area contributed by atoms with Crippen molar-refractivity contribution in [1.29, 1.82) is 0 Å². The van der Waals surface area contributed by atoms with Crippen molar-refractivity contribution in [2.45, 2.75) is 12.1 Å². The minimum Gasteiger partial charge on any atom is -0.377 e. The highest BCUT2D eigenvalue weighted by molar-refractivity contribution is 5.78. The SMILES string of the molecule is Cn1c(NC2COCC2n2ncccc2=O)nc2ccccc2c1=O. The molecule has 8 nitrogen and oxygen atoms in total. The molecule has 25 heavy (non-hydrogen) atoms. The van der Waals surface area contributed by atoms with Gasteiger partial charge >= 0.3 is 0 Å². The molecule has 2 aromatic heterocycles. The Kier molecular flexibility index (Phi) is 3.81. The van der Waals surface area contributed by atoms with E-state index in [2.05, 4.69) is 15.4 Å². The summed E-state index contributed by atoms with van der Waals surface area (Å²) in [5.41, 5.74) is 0.308. The van der Waals surface area contributed by atoms with Crippen LogP contribution in [0.1, 0.15) is 6.04 Å². The first-order valence-corrected chi connectivity index (χ1v) is 7.99. The second kappa shape index (κ2) is 6.14. The normalized spacial score (nSPS) is 20.0. The van der Waals surface area contributed by atoms with Crippen LogP contribution in [0.5, 0.6) is 0 Å². The standard InChI is InChI=1S/C17H17N5O3/c1-21-16(24)11-5-2-3-6-12(11)19-17(21)20-13-9-25-10-14(13)22-15(23)7-4-8-18-22/h2-8,13-14H,9-10H2,1H3,(H,19,20). The Hall–Kier alpha value is -3.00. The molecule has 128 valence electrons. The number of hydrogen-bond donors (Lipinski definition) is 1. The predicted octanol–water partition coefficient (Wildman–Crippen LogP) is 0.542. The van der Waals surface area contributed by atoms with E-state index >= 15 is 0 Å². The van der Waals surface area contributed by atoms with Gasteiger partial charge in [-0.15, -0.1) is 0 Å². The zero-order chi connectivity index (χ0) is 17.4. The van der Waals surface area contributed by atoms with Gasteiger partial charge in [-0.3, -0.25) is 14.2 Å². The lowest BCUT2D eigenvalue weighted by molar-refractivity contribution is 0.182. The van der Waals surface area contributed by atoms with Crippen LogP contribution in [-0.2, 0) is 11.8 Å². The van der Waals surface area contributed by atoms with Gasteiger partial charge in [-0.05, 0) is 18.2 Å². The molecule has 4 rings (SSSR count). The molecule has 0 bridgehead atoms. The van der Waals surface area contributed by atoms with Crippen molar-refractivity contribution >= 4 is 16.9 Å². The minimum atomic E-state index is -0.267. The van der Waals surface area contributed by atoms with Gasteiger partial charge in [0.25, 0.3) is 11.1 Å². The summed E-state index contributed by atoms with van der Waals surface area (Å²) in [7, 11) is 1.67. The lowest BCUT2D eigenvalue weighted by atomic mass is 10.2. The van der Waals surface area contributed by atoms with Gasteiger partial charge in [-0.25, -0.2) is 9.67 Å². The minimum absolute atomic E-state index is 0.126. The monoisotopic (exact) mass is 339 g/mol. The molecular weight excluding hydrogens is 322 g/mol. The van der Waals surface area contributed by atoms with E-state index in [1.165, 1.54) is 15.3 Å². The maximum Gasteiger partial charge on any atom is 0.267 e. The summed E-state index contributed by atoms with van der Waals surface area (Å²) >= 11 is 0. The molecule has 1 aliphatic rings. The highest BCUT2D eigenvalue weighted by Gasteiger charge is 2.32. The fraction of sp³-hybridized carbons (Fsp3) is 0.294. The van der Waals surface area contributed by atoms with E-state index < -0.39 is 0 Å². The molecule has 2 unspecified atom stereocenters. The molecule has 1 fully saturated rings. The molecule has 0 spiro atoms. The van der Waals surface area contributed by atoms with E-state index in [4.69, 9.17) is 4.74 Å². The first-order chi connectivity index (χ1) is 12.1. The number of aromatic nitrogens is 4. The van der Waals surface area contributed by atoms with Gasteiger partial charge in [0.05, 0.1) is 30.2 Å². The second-order valence-electron chi connectivity index (χ2n) is 5.98. The average molecular weight is 339 g/mol. The van der Waals surface area contributed by atoms with E-state index in [-0.39, 0.29) is 23.2 Å². The van der Waals surface area contributed by atoms with E-state index in [0.29, 0.717) is 30.1 Å². The molecule has 2 atom stereocenters. The van der Waals surface area contributed by atoms with Gasteiger partial charge in [0.2, 0.25) is 5.95 Å². The molecule has 0 aliphatic carbocycles. The fourth-order valence-corrected chi connectivity index (χ4v) is 3.05. The summed E-state index contributed by atoms with van der Waals surface area (Å²) in [6, 6.07) is 9.79. The van der Waals surface area contributed by atoms with Crippen molar-refractivity contribution in [3.05, 3.63) is 63.3 Å². The van der Waals surface area contributed by atoms with Crippen molar-refractivity contribution in [1.82, 2.24) is 19.3 Å². The Bertz CT molecular complexity index is 1040. The van der Waals surface area contributed by atoms with Crippen LogP contribution >= 0.6 is 0 Å². The van der Waals surface area contributed by atoms with Crippen LogP contribution in [0.3, 0.4) is 0 Å². The molecule has 8 heteroatoms. The van der Waals surface area contributed by atoms with Crippen LogP contribution in [0.15, 0.2) is 52.2 Å². The summed E-state index contributed by atoms with van der Waals surface area (Å²) in [5.74, 6) is 0.438. The molecule has 1 saturated heterocycles. The molecule has 0 radical (unpaired) electrons. The zero-order valence-corrected chi connectivity index (χ0v) is 13.6. The van der Waals surface area contributed by atoms with Crippen molar-refractivity contribution in [3.8, 4) is 0 Å². The lowest BCUT2D eigenvalue weighted by Gasteiger charge is -2.21. The Morgan fingerprint density at radius 1 is 1.16 bits per heavy atom. The Labute approximate surface area is 142 Å². The first-order valence-electron chi connectivity index (χ1n) is 7.99. The van der Waals surface area contributed by atoms with Gasteiger partial charge < -0.3 is 10.1 Å². The first kappa shape index (κ1) is 15.5. The number of rotatable bonds is 3. The third-order valence-corrected chi connectivity index (χ3v) is 4.40. The van der Waals surface area contributed by atoms with Gasteiger partial charge in [0.1, 0.15) is 6.04 Å². The van der Waals surface area contributed by atoms with Crippen LogP contribution in [0.2, 0.25) is 0 Å². The number of anilines is 1. The van der Waals surface area contributed by atoms with E-state index in [1.54, 1.807) is 31.4 Å². The van der Waals surface area contributed by atoms with Crippen LogP contribution in [0.4, 0.5) is 5.95 Å². The van der Waals surface area contributed by atoms with E-state index in [9.17, 15) is 9.59 Å². The molecular formula is C17H17N5O3. The van der Waals surface area contributed by atoms with Crippen LogP contribution in [0, 0.1) is 0 Å². The maximum atomic E-state index is 12.5. The number of fused-ring (bicyclic) bond motifs is 1. The number of benzene rings is 1. The quantitative estimate of drug-likeness (QED) is 0.749.